The molecule has 0 aliphatic heterocycles. The molecule has 0 saturated heterocycles. The van der Waals surface area contributed by atoms with Gasteiger partial charge in [-0.3, -0.25) is 14.5 Å². The molecule has 2 amide bonds. The molecule has 1 atom stereocenters. The Morgan fingerprint density at radius 2 is 1.86 bits per heavy atom. The predicted molar refractivity (Wildman–Crippen MR) is 88.5 cm³/mol. The third-order valence-electron chi connectivity index (χ3n) is 3.49. The first kappa shape index (κ1) is 18.2. The fourth-order valence-corrected chi connectivity index (χ4v) is 2.30. The van der Waals surface area contributed by atoms with E-state index in [9.17, 15) is 9.59 Å². The van der Waals surface area contributed by atoms with Crippen LogP contribution in [0.3, 0.4) is 0 Å². The van der Waals surface area contributed by atoms with Crippen molar-refractivity contribution in [1.82, 2.24) is 15.1 Å². The summed E-state index contributed by atoms with van der Waals surface area (Å²) in [6.45, 7) is 2.52. The van der Waals surface area contributed by atoms with Crippen LogP contribution in [0.2, 0.25) is 0 Å². The maximum Gasteiger partial charge on any atom is 0.241 e. The van der Waals surface area contributed by atoms with E-state index in [4.69, 9.17) is 0 Å². The maximum absolute atomic E-state index is 12.4. The first-order valence-electron chi connectivity index (χ1n) is 7.53. The van der Waals surface area contributed by atoms with Gasteiger partial charge in [0.25, 0.3) is 0 Å². The Morgan fingerprint density at radius 1 is 1.18 bits per heavy atom. The Hall–Kier alpha value is -1.88. The van der Waals surface area contributed by atoms with E-state index in [1.165, 1.54) is 0 Å². The van der Waals surface area contributed by atoms with Gasteiger partial charge in [0.15, 0.2) is 0 Å². The minimum Gasteiger partial charge on any atom is -0.354 e. The molecule has 1 aromatic rings. The van der Waals surface area contributed by atoms with E-state index in [0.29, 0.717) is 19.4 Å². The highest BCUT2D eigenvalue weighted by Crippen LogP contribution is 2.19. The Bertz CT molecular complexity index is 512. The smallest absolute Gasteiger partial charge is 0.241 e. The van der Waals surface area contributed by atoms with Crippen LogP contribution >= 0.6 is 0 Å². The summed E-state index contributed by atoms with van der Waals surface area (Å²) in [5.41, 5.74) is 2.11. The number of nitrogens with one attached hydrogen (secondary N) is 1. The lowest BCUT2D eigenvalue weighted by Crippen LogP contribution is -2.37. The molecule has 0 fully saturated rings. The van der Waals surface area contributed by atoms with Crippen molar-refractivity contribution in [3.8, 4) is 0 Å². The molecule has 0 spiro atoms. The lowest BCUT2D eigenvalue weighted by Gasteiger charge is -2.24. The maximum atomic E-state index is 12.4. The van der Waals surface area contributed by atoms with Crippen molar-refractivity contribution in [3.63, 3.8) is 0 Å². The van der Waals surface area contributed by atoms with Crippen LogP contribution < -0.4 is 5.32 Å². The highest BCUT2D eigenvalue weighted by molar-refractivity contribution is 5.83. The van der Waals surface area contributed by atoms with Gasteiger partial charge in [-0.2, -0.15) is 0 Å². The van der Waals surface area contributed by atoms with Crippen molar-refractivity contribution in [1.29, 1.82) is 0 Å². The largest absolute Gasteiger partial charge is 0.354 e. The molecule has 1 rings (SSSR count). The molecule has 0 aliphatic carbocycles. The van der Waals surface area contributed by atoms with Crippen LogP contribution in [0, 0.1) is 6.92 Å². The minimum absolute atomic E-state index is 0.0343. The Balaban J connectivity index is 2.58. The standard InChI is InChI=1S/C17H27N3O2/c1-13-8-6-9-14(12-13)16(20(4)5)17(22)18-11-7-10-15(21)19(2)3/h6,8-9,12,16H,7,10-11H2,1-5H3,(H,18,22). The van der Waals surface area contributed by atoms with Crippen LogP contribution in [0.25, 0.3) is 0 Å². The highest BCUT2D eigenvalue weighted by atomic mass is 16.2. The summed E-state index contributed by atoms with van der Waals surface area (Å²) >= 11 is 0. The highest BCUT2D eigenvalue weighted by Gasteiger charge is 2.22. The van der Waals surface area contributed by atoms with E-state index >= 15 is 0 Å². The quantitative estimate of drug-likeness (QED) is 0.778. The second-order valence-electron chi connectivity index (χ2n) is 5.96. The number of nitrogens with zero attached hydrogens (tertiary/aromatic N) is 2. The molecule has 1 unspecified atom stereocenters. The second-order valence-corrected chi connectivity index (χ2v) is 5.96. The van der Waals surface area contributed by atoms with Crippen LogP contribution in [0.4, 0.5) is 0 Å². The summed E-state index contributed by atoms with van der Waals surface area (Å²) < 4.78 is 0. The molecule has 0 saturated carbocycles. The summed E-state index contributed by atoms with van der Waals surface area (Å²) in [6, 6.07) is 7.65. The molecule has 0 heterocycles. The van der Waals surface area contributed by atoms with E-state index in [1.54, 1.807) is 19.0 Å². The summed E-state index contributed by atoms with van der Waals surface area (Å²) in [7, 11) is 7.26. The van der Waals surface area contributed by atoms with Gasteiger partial charge in [0.05, 0.1) is 0 Å². The van der Waals surface area contributed by atoms with Gasteiger partial charge in [-0.1, -0.05) is 29.8 Å². The van der Waals surface area contributed by atoms with E-state index in [2.05, 4.69) is 5.32 Å². The number of benzene rings is 1. The van der Waals surface area contributed by atoms with Crippen LogP contribution in [0.15, 0.2) is 24.3 Å². The van der Waals surface area contributed by atoms with Crippen molar-refractivity contribution in [2.24, 2.45) is 0 Å². The third kappa shape index (κ3) is 5.48. The van der Waals surface area contributed by atoms with Crippen LogP contribution in [0.1, 0.15) is 30.0 Å². The van der Waals surface area contributed by atoms with E-state index < -0.39 is 0 Å². The third-order valence-corrected chi connectivity index (χ3v) is 3.49. The predicted octanol–water partition coefficient (Wildman–Crippen LogP) is 1.58. The van der Waals surface area contributed by atoms with Gasteiger partial charge in [0, 0.05) is 27.1 Å². The van der Waals surface area contributed by atoms with Crippen molar-refractivity contribution in [3.05, 3.63) is 35.4 Å². The van der Waals surface area contributed by atoms with Gasteiger partial charge >= 0.3 is 0 Å². The molecule has 0 aromatic heterocycles. The molecule has 0 bridgehead atoms. The number of aryl methyl sites for hydroxylation is 1. The van der Waals surface area contributed by atoms with Crippen LogP contribution in [0.5, 0.6) is 0 Å². The van der Waals surface area contributed by atoms with Crippen molar-refractivity contribution >= 4 is 11.8 Å². The average Bonchev–Trinajstić information content (AvgIpc) is 2.43. The van der Waals surface area contributed by atoms with Crippen molar-refractivity contribution < 1.29 is 9.59 Å². The monoisotopic (exact) mass is 305 g/mol. The number of amides is 2. The molecular weight excluding hydrogens is 278 g/mol. The molecule has 1 N–H and O–H groups in total. The summed E-state index contributed by atoms with van der Waals surface area (Å²) in [4.78, 5) is 27.4. The lowest BCUT2D eigenvalue weighted by atomic mass is 10.0. The SMILES string of the molecule is Cc1cccc(C(C(=O)NCCCC(=O)N(C)C)N(C)C)c1. The first-order chi connectivity index (χ1) is 10.3. The number of hydrogen-bond donors (Lipinski definition) is 1. The molecule has 1 aromatic carbocycles. The van der Waals surface area contributed by atoms with Gasteiger partial charge < -0.3 is 10.2 Å². The number of likely N-dealkylation sites (N-methyl/N-ethyl adjacent to an activating group) is 1. The molecule has 5 nitrogen and oxygen atoms in total. The zero-order valence-electron chi connectivity index (χ0n) is 14.2. The van der Waals surface area contributed by atoms with E-state index in [1.807, 2.05) is 50.2 Å². The summed E-state index contributed by atoms with van der Waals surface area (Å²) in [6.07, 6.45) is 1.10. The number of carbonyl (C=O) groups excluding carboxylic acids is 2. The molecule has 0 radical (unpaired) electrons. The normalized spacial score (nSPS) is 12.1. The van der Waals surface area contributed by atoms with E-state index in [0.717, 1.165) is 11.1 Å². The Kier molecular flexibility index (Phi) is 7.05. The fourth-order valence-electron chi connectivity index (χ4n) is 2.30. The van der Waals surface area contributed by atoms with Crippen LogP contribution in [-0.4, -0.2) is 56.3 Å². The summed E-state index contributed by atoms with van der Waals surface area (Å²) in [5.74, 6) is 0.0463. The topological polar surface area (TPSA) is 52.7 Å². The zero-order chi connectivity index (χ0) is 16.7. The summed E-state index contributed by atoms with van der Waals surface area (Å²) in [5, 5.41) is 2.92. The van der Waals surface area contributed by atoms with Gasteiger partial charge in [-0.05, 0) is 33.0 Å². The van der Waals surface area contributed by atoms with E-state index in [-0.39, 0.29) is 17.9 Å². The molecule has 22 heavy (non-hydrogen) atoms. The van der Waals surface area contributed by atoms with Crippen LogP contribution in [-0.2, 0) is 9.59 Å². The van der Waals surface area contributed by atoms with Crippen molar-refractivity contribution in [2.45, 2.75) is 25.8 Å². The zero-order valence-corrected chi connectivity index (χ0v) is 14.2. The minimum atomic E-state index is -0.315. The van der Waals surface area contributed by atoms with Gasteiger partial charge in [-0.25, -0.2) is 0 Å². The van der Waals surface area contributed by atoms with Gasteiger partial charge in [0.2, 0.25) is 11.8 Å². The second kappa shape index (κ2) is 8.54. The molecule has 122 valence electrons. The number of rotatable bonds is 7. The van der Waals surface area contributed by atoms with Gasteiger partial charge in [-0.15, -0.1) is 0 Å². The average molecular weight is 305 g/mol. The van der Waals surface area contributed by atoms with Crippen molar-refractivity contribution in [2.75, 3.05) is 34.7 Å². The Morgan fingerprint density at radius 3 is 2.41 bits per heavy atom. The van der Waals surface area contributed by atoms with Gasteiger partial charge in [0.1, 0.15) is 6.04 Å². The molecule has 5 heteroatoms. The fraction of sp³-hybridized carbons (Fsp3) is 0.529. The number of carbonyl (C=O) groups is 2. The number of hydrogen-bond acceptors (Lipinski definition) is 3. The lowest BCUT2D eigenvalue weighted by molar-refractivity contribution is -0.129. The molecular formula is C17H27N3O2. The Labute approximate surface area is 133 Å². The molecule has 0 aliphatic rings. The first-order valence-corrected chi connectivity index (χ1v) is 7.53.